The van der Waals surface area contributed by atoms with Crippen LogP contribution in [0.15, 0.2) is 34.0 Å². The highest BCUT2D eigenvalue weighted by molar-refractivity contribution is 7.79. The Labute approximate surface area is 153 Å². The SMILES string of the molecule is CCCc1nn(C)c2c(=O)[nH]c(-c3cc(S(=O)[O-])ccc3OCC)cc12. The highest BCUT2D eigenvalue weighted by Gasteiger charge is 2.16. The van der Waals surface area contributed by atoms with Crippen molar-refractivity contribution in [2.24, 2.45) is 7.05 Å². The number of benzene rings is 1. The number of ether oxygens (including phenoxy) is 1. The smallest absolute Gasteiger partial charge is 0.274 e. The summed E-state index contributed by atoms with van der Waals surface area (Å²) in [6.07, 6.45) is 1.66. The van der Waals surface area contributed by atoms with Gasteiger partial charge in [-0.05, 0) is 48.7 Å². The summed E-state index contributed by atoms with van der Waals surface area (Å²) >= 11 is -2.38. The number of nitrogens with one attached hydrogen (secondary N) is 1. The fraction of sp³-hybridized carbons (Fsp3) is 0.333. The first-order valence-electron chi connectivity index (χ1n) is 8.41. The van der Waals surface area contributed by atoms with Crippen LogP contribution >= 0.6 is 0 Å². The Hall–Kier alpha value is -2.45. The average Bonchev–Trinajstić information content (AvgIpc) is 2.92. The van der Waals surface area contributed by atoms with Crippen molar-refractivity contribution < 1.29 is 13.5 Å². The molecule has 2 heterocycles. The molecule has 0 fully saturated rings. The van der Waals surface area contributed by atoms with E-state index >= 15 is 0 Å². The third-order valence-electron chi connectivity index (χ3n) is 4.13. The fourth-order valence-electron chi connectivity index (χ4n) is 3.05. The van der Waals surface area contributed by atoms with E-state index in [1.165, 1.54) is 12.1 Å². The average molecular weight is 374 g/mol. The molecule has 0 saturated heterocycles. The van der Waals surface area contributed by atoms with Crippen molar-refractivity contribution >= 4 is 22.0 Å². The van der Waals surface area contributed by atoms with Crippen LogP contribution in [0.1, 0.15) is 26.0 Å². The molecule has 1 unspecified atom stereocenters. The van der Waals surface area contributed by atoms with Crippen LogP contribution in [0.2, 0.25) is 0 Å². The summed E-state index contributed by atoms with van der Waals surface area (Å²) in [4.78, 5) is 15.6. The van der Waals surface area contributed by atoms with E-state index in [1.54, 1.807) is 17.8 Å². The number of nitrogens with zero attached hydrogens (tertiary/aromatic N) is 2. The van der Waals surface area contributed by atoms with Gasteiger partial charge in [0.15, 0.2) is 0 Å². The van der Waals surface area contributed by atoms with E-state index in [1.807, 2.05) is 13.0 Å². The Morgan fingerprint density at radius 1 is 1.31 bits per heavy atom. The van der Waals surface area contributed by atoms with Gasteiger partial charge in [-0.2, -0.15) is 5.10 Å². The lowest BCUT2D eigenvalue weighted by atomic mass is 10.1. The van der Waals surface area contributed by atoms with Gasteiger partial charge in [0.25, 0.3) is 5.56 Å². The quantitative estimate of drug-likeness (QED) is 0.668. The topological polar surface area (TPSA) is 100 Å². The Kier molecular flexibility index (Phi) is 5.24. The molecule has 3 rings (SSSR count). The van der Waals surface area contributed by atoms with Crippen molar-refractivity contribution in [3.63, 3.8) is 0 Å². The minimum Gasteiger partial charge on any atom is -0.768 e. The summed E-state index contributed by atoms with van der Waals surface area (Å²) < 4.78 is 29.9. The molecule has 0 radical (unpaired) electrons. The van der Waals surface area contributed by atoms with Crippen LogP contribution in [-0.2, 0) is 24.5 Å². The van der Waals surface area contributed by atoms with Crippen molar-refractivity contribution in [1.82, 2.24) is 14.8 Å². The second kappa shape index (κ2) is 7.43. The monoisotopic (exact) mass is 374 g/mol. The van der Waals surface area contributed by atoms with Gasteiger partial charge in [-0.15, -0.1) is 0 Å². The molecule has 138 valence electrons. The van der Waals surface area contributed by atoms with E-state index in [0.29, 0.717) is 29.1 Å². The summed E-state index contributed by atoms with van der Waals surface area (Å²) in [6, 6.07) is 6.41. The summed E-state index contributed by atoms with van der Waals surface area (Å²) in [6.45, 7) is 4.32. The van der Waals surface area contributed by atoms with Crippen LogP contribution in [0.4, 0.5) is 0 Å². The molecule has 26 heavy (non-hydrogen) atoms. The maximum Gasteiger partial charge on any atom is 0.274 e. The molecule has 0 aliphatic carbocycles. The summed E-state index contributed by atoms with van der Waals surface area (Å²) in [5, 5.41) is 5.21. The van der Waals surface area contributed by atoms with Crippen LogP contribution in [0.3, 0.4) is 0 Å². The molecule has 0 aliphatic rings. The van der Waals surface area contributed by atoms with Crippen LogP contribution < -0.4 is 10.3 Å². The van der Waals surface area contributed by atoms with E-state index in [0.717, 1.165) is 23.9 Å². The van der Waals surface area contributed by atoms with Crippen molar-refractivity contribution in [2.75, 3.05) is 6.61 Å². The minimum atomic E-state index is -2.38. The Bertz CT molecular complexity index is 1040. The van der Waals surface area contributed by atoms with Gasteiger partial charge in [0.05, 0.1) is 18.0 Å². The Morgan fingerprint density at radius 3 is 2.73 bits per heavy atom. The van der Waals surface area contributed by atoms with Crippen LogP contribution in [0.25, 0.3) is 22.2 Å². The predicted octanol–water partition coefficient (Wildman–Crippen LogP) is 2.52. The Morgan fingerprint density at radius 2 is 2.08 bits per heavy atom. The number of aromatic nitrogens is 3. The highest BCUT2D eigenvalue weighted by Crippen LogP contribution is 2.32. The maximum atomic E-state index is 12.6. The molecule has 3 aromatic rings. The van der Waals surface area contributed by atoms with E-state index in [4.69, 9.17) is 4.74 Å². The first-order chi connectivity index (χ1) is 12.5. The van der Waals surface area contributed by atoms with Gasteiger partial charge in [-0.1, -0.05) is 13.3 Å². The lowest BCUT2D eigenvalue weighted by molar-refractivity contribution is 0.341. The number of aromatic amines is 1. The van der Waals surface area contributed by atoms with Crippen molar-refractivity contribution in [1.29, 1.82) is 0 Å². The highest BCUT2D eigenvalue weighted by atomic mass is 32.2. The summed E-state index contributed by atoms with van der Waals surface area (Å²) in [5.41, 5.74) is 2.10. The standard InChI is InChI=1S/C18H21N3O4S/c1-4-6-14-13-10-15(19-18(22)17(13)21(3)20-14)12-9-11(26(23)24)7-8-16(12)25-5-2/h7-10H,4-6H2,1-3H3,(H,19,22)(H,23,24)/p-1. The van der Waals surface area contributed by atoms with Gasteiger partial charge >= 0.3 is 0 Å². The van der Waals surface area contributed by atoms with Crippen LogP contribution in [0.5, 0.6) is 5.75 Å². The molecule has 7 nitrogen and oxygen atoms in total. The number of pyridine rings is 1. The summed E-state index contributed by atoms with van der Waals surface area (Å²) in [5.74, 6) is 0.512. The third-order valence-corrected chi connectivity index (χ3v) is 4.77. The molecule has 0 spiro atoms. The van der Waals surface area contributed by atoms with Gasteiger partial charge in [0, 0.05) is 22.9 Å². The number of rotatable bonds is 6. The van der Waals surface area contributed by atoms with E-state index < -0.39 is 11.1 Å². The maximum absolute atomic E-state index is 12.6. The molecular weight excluding hydrogens is 354 g/mol. The number of fused-ring (bicyclic) bond motifs is 1. The van der Waals surface area contributed by atoms with E-state index in [-0.39, 0.29) is 10.5 Å². The zero-order valence-corrected chi connectivity index (χ0v) is 15.7. The van der Waals surface area contributed by atoms with Gasteiger partial charge < -0.3 is 14.3 Å². The lowest BCUT2D eigenvalue weighted by Gasteiger charge is -2.13. The van der Waals surface area contributed by atoms with E-state index in [2.05, 4.69) is 17.0 Å². The lowest BCUT2D eigenvalue weighted by Crippen LogP contribution is -2.11. The first-order valence-corrected chi connectivity index (χ1v) is 9.49. The molecule has 1 aromatic carbocycles. The Balaban J connectivity index is 2.28. The number of aryl methyl sites for hydroxylation is 2. The zero-order chi connectivity index (χ0) is 18.8. The molecule has 0 amide bonds. The molecule has 8 heteroatoms. The number of hydrogen-bond acceptors (Lipinski definition) is 5. The van der Waals surface area contributed by atoms with Crippen molar-refractivity contribution in [3.05, 3.63) is 40.3 Å². The van der Waals surface area contributed by atoms with Crippen molar-refractivity contribution in [3.8, 4) is 17.0 Å². The van der Waals surface area contributed by atoms with Gasteiger partial charge in [0.2, 0.25) is 0 Å². The van der Waals surface area contributed by atoms with Crippen molar-refractivity contribution in [2.45, 2.75) is 31.6 Å². The molecule has 2 aromatic heterocycles. The second-order valence-corrected chi connectivity index (χ2v) is 6.86. The normalized spacial score (nSPS) is 12.5. The van der Waals surface area contributed by atoms with Gasteiger partial charge in [-0.25, -0.2) is 0 Å². The first kappa shape index (κ1) is 18.3. The number of H-pyrrole nitrogens is 1. The summed E-state index contributed by atoms with van der Waals surface area (Å²) in [7, 11) is 1.74. The molecule has 0 saturated carbocycles. The fourth-order valence-corrected chi connectivity index (χ4v) is 3.44. The van der Waals surface area contributed by atoms with E-state index in [9.17, 15) is 13.6 Å². The largest absolute Gasteiger partial charge is 0.768 e. The zero-order valence-electron chi connectivity index (χ0n) is 14.9. The molecule has 1 N–H and O–H groups in total. The molecule has 0 bridgehead atoms. The van der Waals surface area contributed by atoms with Crippen LogP contribution in [0, 0.1) is 0 Å². The molecule has 1 atom stereocenters. The van der Waals surface area contributed by atoms with Gasteiger partial charge in [-0.3, -0.25) is 13.7 Å². The van der Waals surface area contributed by atoms with Gasteiger partial charge in [0.1, 0.15) is 11.3 Å². The van der Waals surface area contributed by atoms with Crippen LogP contribution in [-0.4, -0.2) is 30.1 Å². The third kappa shape index (κ3) is 3.30. The molecule has 0 aliphatic heterocycles. The predicted molar refractivity (Wildman–Crippen MR) is 99.1 cm³/mol. The molecular formula is C18H20N3O4S-. The second-order valence-electron chi connectivity index (χ2n) is 5.92. The minimum absolute atomic E-state index is 0.129. The number of hydrogen-bond donors (Lipinski definition) is 1.